The normalized spacial score (nSPS) is 23.1. The van der Waals surface area contributed by atoms with Crippen LogP contribution >= 0.6 is 11.8 Å². The van der Waals surface area contributed by atoms with Crippen molar-refractivity contribution < 1.29 is 23.2 Å². The Morgan fingerprint density at radius 1 is 1.36 bits per heavy atom. The lowest BCUT2D eigenvalue weighted by Crippen LogP contribution is -2.46. The van der Waals surface area contributed by atoms with Gasteiger partial charge in [-0.3, -0.25) is 14.5 Å². The lowest BCUT2D eigenvalue weighted by Gasteiger charge is -2.20. The summed E-state index contributed by atoms with van der Waals surface area (Å²) in [7, 11) is 0. The second-order valence-electron chi connectivity index (χ2n) is 6.25. The fourth-order valence-electron chi connectivity index (χ4n) is 2.86. The Kier molecular flexibility index (Phi) is 4.68. The number of carbonyl (C=O) groups is 3. The molecule has 2 N–H and O–H groups in total. The number of hydrogen-bond donors (Lipinski definition) is 2. The lowest BCUT2D eigenvalue weighted by molar-refractivity contribution is -0.134. The molecule has 0 spiro atoms. The third-order valence-corrected chi connectivity index (χ3v) is 5.08. The van der Waals surface area contributed by atoms with Crippen LogP contribution < -0.4 is 10.6 Å². The van der Waals surface area contributed by atoms with E-state index in [0.717, 1.165) is 17.7 Å². The highest BCUT2D eigenvalue weighted by Gasteiger charge is 2.56. The number of alkyl halides is 2. The summed E-state index contributed by atoms with van der Waals surface area (Å²) in [6, 6.07) is 5.33. The molecule has 1 saturated carbocycles. The number of carbonyl (C=O) groups excluding carboxylic acids is 3. The first-order chi connectivity index (χ1) is 11.8. The third kappa shape index (κ3) is 3.76. The largest absolute Gasteiger partial charge is 0.325 e. The molecule has 3 rings (SSSR count). The number of hydrogen-bond acceptors (Lipinski definition) is 4. The van der Waals surface area contributed by atoms with Crippen molar-refractivity contribution >= 4 is 35.3 Å². The molecular weight excluding hydrogens is 352 g/mol. The Hall–Kier alpha value is -2.16. The molecule has 1 aromatic carbocycles. The number of anilines is 1. The van der Waals surface area contributed by atoms with Crippen molar-refractivity contribution in [3.8, 4) is 0 Å². The average Bonchev–Trinajstić information content (AvgIpc) is 3.35. The molecule has 9 heteroatoms. The van der Waals surface area contributed by atoms with Gasteiger partial charge >= 0.3 is 6.03 Å². The van der Waals surface area contributed by atoms with Crippen molar-refractivity contribution in [2.45, 2.75) is 36.0 Å². The van der Waals surface area contributed by atoms with E-state index in [2.05, 4.69) is 10.6 Å². The zero-order valence-electron chi connectivity index (χ0n) is 13.4. The van der Waals surface area contributed by atoms with Gasteiger partial charge in [-0.2, -0.15) is 8.78 Å². The van der Waals surface area contributed by atoms with E-state index in [1.54, 1.807) is 6.92 Å². The van der Waals surface area contributed by atoms with Gasteiger partial charge in [0.25, 0.3) is 11.7 Å². The van der Waals surface area contributed by atoms with Gasteiger partial charge in [-0.1, -0.05) is 11.8 Å². The molecule has 1 aliphatic heterocycles. The third-order valence-electron chi connectivity index (χ3n) is 4.36. The van der Waals surface area contributed by atoms with Crippen LogP contribution in [0.1, 0.15) is 19.8 Å². The Morgan fingerprint density at radius 3 is 2.56 bits per heavy atom. The number of amides is 4. The van der Waals surface area contributed by atoms with E-state index in [9.17, 15) is 23.2 Å². The second kappa shape index (κ2) is 6.62. The Balaban J connectivity index is 1.59. The molecule has 0 unspecified atom stereocenters. The van der Waals surface area contributed by atoms with E-state index >= 15 is 0 Å². The SMILES string of the molecule is C[C@]1(C2CC2)NC(=O)N(CC(=O)Nc2ccc(SC(F)F)cc2)C1=O. The first-order valence-corrected chi connectivity index (χ1v) is 8.66. The van der Waals surface area contributed by atoms with Crippen LogP contribution in [0, 0.1) is 5.92 Å². The van der Waals surface area contributed by atoms with Crippen LogP contribution in [0.4, 0.5) is 19.3 Å². The van der Waals surface area contributed by atoms with E-state index in [1.165, 1.54) is 24.3 Å². The van der Waals surface area contributed by atoms with Crippen molar-refractivity contribution in [2.75, 3.05) is 11.9 Å². The fraction of sp³-hybridized carbons (Fsp3) is 0.438. The molecule has 0 radical (unpaired) electrons. The minimum atomic E-state index is -2.51. The smallest absolute Gasteiger partial charge is 0.325 e. The molecule has 0 bridgehead atoms. The zero-order valence-corrected chi connectivity index (χ0v) is 14.2. The summed E-state index contributed by atoms with van der Waals surface area (Å²) in [6.45, 7) is 1.29. The molecule has 2 fully saturated rings. The maximum atomic E-state index is 12.4. The predicted octanol–water partition coefficient (Wildman–Crippen LogP) is 2.66. The summed E-state index contributed by atoms with van der Waals surface area (Å²) in [5.41, 5.74) is -0.522. The minimum absolute atomic E-state index is 0.122. The van der Waals surface area contributed by atoms with Crippen LogP contribution in [0.25, 0.3) is 0 Å². The van der Waals surface area contributed by atoms with Gasteiger partial charge in [-0.15, -0.1) is 0 Å². The van der Waals surface area contributed by atoms with Crippen molar-refractivity contribution in [3.63, 3.8) is 0 Å². The Labute approximate surface area is 147 Å². The number of nitrogens with zero attached hydrogens (tertiary/aromatic N) is 1. The number of nitrogens with one attached hydrogen (secondary N) is 2. The summed E-state index contributed by atoms with van der Waals surface area (Å²) in [5.74, 6) is -3.31. The van der Waals surface area contributed by atoms with E-state index < -0.39 is 23.2 Å². The summed E-state index contributed by atoms with van der Waals surface area (Å²) >= 11 is 0.409. The molecule has 134 valence electrons. The first-order valence-electron chi connectivity index (χ1n) is 7.78. The number of benzene rings is 1. The number of rotatable bonds is 6. The Morgan fingerprint density at radius 2 is 2.00 bits per heavy atom. The van der Waals surface area contributed by atoms with E-state index in [1.807, 2.05) is 0 Å². The highest BCUT2D eigenvalue weighted by molar-refractivity contribution is 7.99. The van der Waals surface area contributed by atoms with Crippen LogP contribution in [-0.2, 0) is 9.59 Å². The summed E-state index contributed by atoms with van der Waals surface area (Å²) in [4.78, 5) is 37.8. The molecule has 1 aliphatic carbocycles. The first kappa shape index (κ1) is 17.7. The summed E-state index contributed by atoms with van der Waals surface area (Å²) < 4.78 is 24.5. The molecule has 0 aromatic heterocycles. The molecule has 1 aromatic rings. The van der Waals surface area contributed by atoms with Gasteiger partial charge in [0.2, 0.25) is 5.91 Å². The summed E-state index contributed by atoms with van der Waals surface area (Å²) in [5, 5.41) is 5.22. The van der Waals surface area contributed by atoms with E-state index in [-0.39, 0.29) is 18.4 Å². The molecule has 4 amide bonds. The highest BCUT2D eigenvalue weighted by Crippen LogP contribution is 2.42. The number of imide groups is 1. The highest BCUT2D eigenvalue weighted by atomic mass is 32.2. The molecule has 1 atom stereocenters. The van der Waals surface area contributed by atoms with Gasteiger partial charge < -0.3 is 10.6 Å². The van der Waals surface area contributed by atoms with Crippen LogP contribution in [-0.4, -0.2) is 40.6 Å². The quantitative estimate of drug-likeness (QED) is 0.597. The molecule has 6 nitrogen and oxygen atoms in total. The van der Waals surface area contributed by atoms with Crippen LogP contribution in [0.15, 0.2) is 29.2 Å². The second-order valence-corrected chi connectivity index (χ2v) is 7.31. The number of halogens is 2. The molecular formula is C16H17F2N3O3S. The van der Waals surface area contributed by atoms with Gasteiger partial charge in [-0.05, 0) is 49.9 Å². The van der Waals surface area contributed by atoms with Gasteiger partial charge in [-0.25, -0.2) is 4.79 Å². The maximum absolute atomic E-state index is 12.4. The van der Waals surface area contributed by atoms with Crippen LogP contribution in [0.2, 0.25) is 0 Å². The molecule has 1 heterocycles. The number of urea groups is 1. The van der Waals surface area contributed by atoms with Gasteiger partial charge in [0.1, 0.15) is 12.1 Å². The van der Waals surface area contributed by atoms with Crippen molar-refractivity contribution in [1.29, 1.82) is 0 Å². The topological polar surface area (TPSA) is 78.5 Å². The van der Waals surface area contributed by atoms with Crippen LogP contribution in [0.3, 0.4) is 0 Å². The number of thioether (sulfide) groups is 1. The van der Waals surface area contributed by atoms with Crippen molar-refractivity contribution in [3.05, 3.63) is 24.3 Å². The van der Waals surface area contributed by atoms with Crippen molar-refractivity contribution in [1.82, 2.24) is 10.2 Å². The van der Waals surface area contributed by atoms with Crippen molar-refractivity contribution in [2.24, 2.45) is 5.92 Å². The minimum Gasteiger partial charge on any atom is -0.325 e. The molecule has 2 aliphatic rings. The monoisotopic (exact) mass is 369 g/mol. The zero-order chi connectivity index (χ0) is 18.2. The fourth-order valence-corrected chi connectivity index (χ4v) is 3.36. The maximum Gasteiger partial charge on any atom is 0.325 e. The van der Waals surface area contributed by atoms with Gasteiger partial charge in [0.15, 0.2) is 0 Å². The molecule has 1 saturated heterocycles. The average molecular weight is 369 g/mol. The Bertz CT molecular complexity index is 709. The standard InChI is InChI=1S/C16H17F2N3O3S/c1-16(9-2-3-9)13(23)21(15(24)20-16)8-12(22)19-10-4-6-11(7-5-10)25-14(17)18/h4-7,9,14H,2-3,8H2,1H3,(H,19,22)(H,20,24)/t16-/m1/s1. The van der Waals surface area contributed by atoms with E-state index in [0.29, 0.717) is 22.3 Å². The summed E-state index contributed by atoms with van der Waals surface area (Å²) in [6.07, 6.45) is 1.76. The lowest BCUT2D eigenvalue weighted by atomic mass is 9.96. The van der Waals surface area contributed by atoms with Gasteiger partial charge in [0.05, 0.1) is 0 Å². The van der Waals surface area contributed by atoms with Gasteiger partial charge in [0, 0.05) is 10.6 Å². The molecule has 25 heavy (non-hydrogen) atoms. The predicted molar refractivity (Wildman–Crippen MR) is 88.3 cm³/mol. The van der Waals surface area contributed by atoms with E-state index in [4.69, 9.17) is 0 Å². The van der Waals surface area contributed by atoms with Crippen LogP contribution in [0.5, 0.6) is 0 Å².